The first-order valence-electron chi connectivity index (χ1n) is 9.92. The smallest absolute Gasteiger partial charge is 0.200 e. The van der Waals surface area contributed by atoms with Gasteiger partial charge in [-0.15, -0.1) is 24.8 Å². The van der Waals surface area contributed by atoms with Crippen LogP contribution in [0.1, 0.15) is 15.9 Å². The first-order valence-corrected chi connectivity index (χ1v) is 9.92. The molecule has 12 heteroatoms. The summed E-state index contributed by atoms with van der Waals surface area (Å²) in [5, 5.41) is 44.7. The zero-order valence-electron chi connectivity index (χ0n) is 18.0. The Bertz CT molecular complexity index is 1120. The van der Waals surface area contributed by atoms with E-state index in [1.165, 1.54) is 12.1 Å². The topological polar surface area (TPSA) is 163 Å². The molecule has 1 aliphatic carbocycles. The number of likely N-dealkylation sites (N-methyl/N-ethyl adjacent to an activating group) is 1. The number of halogens is 2. The van der Waals surface area contributed by atoms with E-state index in [1.54, 1.807) is 4.68 Å². The Morgan fingerprint density at radius 2 is 1.64 bits per heavy atom. The molecule has 0 spiro atoms. The first-order chi connectivity index (χ1) is 14.6. The number of nitrogens with one attached hydrogen (secondary N) is 3. The molecule has 4 rings (SSSR count). The van der Waals surface area contributed by atoms with Gasteiger partial charge in [0.25, 0.3) is 0 Å². The Morgan fingerprint density at radius 1 is 0.939 bits per heavy atom. The second-order valence-corrected chi connectivity index (χ2v) is 7.14. The van der Waals surface area contributed by atoms with E-state index in [9.17, 15) is 15.0 Å². The standard InChI is InChI=1S/C21H25N5O4.2ClH.H2O/c1-22-6-7-24-12-2-3-13-17-16(12)21(30)19-15(29)5-4-14(28)18(19)20(17)25-26(13)10-8-23-9-11-27;;;/h2-5,22-24,27-29H,6-11H2,1H3;2*1H;1H2. The number of carbonyl (C=O) groups is 1. The number of hydrogen-bond donors (Lipinski definition) is 6. The zero-order chi connectivity index (χ0) is 21.3. The van der Waals surface area contributed by atoms with Crippen molar-refractivity contribution < 1.29 is 25.6 Å². The number of aliphatic hydroxyl groups excluding tert-OH is 1. The number of carbonyl (C=O) groups excluding carboxylic acids is 1. The number of nitrogens with zero attached hydrogens (tertiary/aromatic N) is 2. The van der Waals surface area contributed by atoms with Crippen molar-refractivity contribution >= 4 is 47.2 Å². The number of phenols is 2. The number of aromatic hydroxyl groups is 2. The van der Waals surface area contributed by atoms with E-state index in [0.717, 1.165) is 12.1 Å². The third kappa shape index (κ3) is 5.01. The molecule has 33 heavy (non-hydrogen) atoms. The van der Waals surface area contributed by atoms with Crippen LogP contribution in [-0.2, 0) is 6.54 Å². The molecule has 10 nitrogen and oxygen atoms in total. The predicted molar refractivity (Wildman–Crippen MR) is 132 cm³/mol. The summed E-state index contributed by atoms with van der Waals surface area (Å²) >= 11 is 0. The lowest BCUT2D eigenvalue weighted by atomic mass is 9.85. The van der Waals surface area contributed by atoms with Gasteiger partial charge in [-0.25, -0.2) is 0 Å². The van der Waals surface area contributed by atoms with Crippen LogP contribution in [0, 0.1) is 0 Å². The average Bonchev–Trinajstić information content (AvgIpc) is 3.10. The summed E-state index contributed by atoms with van der Waals surface area (Å²) in [5.74, 6) is -0.627. The van der Waals surface area contributed by atoms with Crippen LogP contribution in [0.4, 0.5) is 5.69 Å². The fourth-order valence-electron chi connectivity index (χ4n) is 3.89. The number of fused-ring (bicyclic) bond motifs is 2. The highest BCUT2D eigenvalue weighted by atomic mass is 35.5. The Morgan fingerprint density at radius 3 is 2.30 bits per heavy atom. The summed E-state index contributed by atoms with van der Waals surface area (Å²) in [4.78, 5) is 13.4. The van der Waals surface area contributed by atoms with Crippen LogP contribution in [0.5, 0.6) is 11.5 Å². The second kappa shape index (κ2) is 12.0. The minimum absolute atomic E-state index is 0. The molecule has 2 aromatic carbocycles. The normalized spacial score (nSPS) is 11.3. The van der Waals surface area contributed by atoms with Crippen molar-refractivity contribution in [2.75, 3.05) is 45.2 Å². The Kier molecular flexibility index (Phi) is 10.4. The maximum absolute atomic E-state index is 13.4. The molecule has 0 aliphatic heterocycles. The van der Waals surface area contributed by atoms with E-state index in [0.29, 0.717) is 48.5 Å². The van der Waals surface area contributed by atoms with Crippen molar-refractivity contribution in [1.29, 1.82) is 0 Å². The van der Waals surface area contributed by atoms with E-state index in [4.69, 9.17) is 5.11 Å². The summed E-state index contributed by atoms with van der Waals surface area (Å²) < 4.78 is 1.78. The van der Waals surface area contributed by atoms with E-state index in [-0.39, 0.29) is 65.3 Å². The van der Waals surface area contributed by atoms with Crippen molar-refractivity contribution in [2.45, 2.75) is 6.54 Å². The maximum Gasteiger partial charge on any atom is 0.200 e. The van der Waals surface area contributed by atoms with Crippen LogP contribution in [0.25, 0.3) is 22.2 Å². The van der Waals surface area contributed by atoms with E-state index in [1.807, 2.05) is 19.2 Å². The lowest BCUT2D eigenvalue weighted by Crippen LogP contribution is -2.23. The zero-order valence-corrected chi connectivity index (χ0v) is 19.6. The Labute approximate surface area is 203 Å². The number of phenolic OH excluding ortho intramolecular Hbond substituents is 2. The Hall–Kier alpha value is -2.60. The minimum atomic E-state index is -0.346. The SMILES string of the molecule is CNCCNc1ccc2c3c(nn2CCNCCO)-c2c(O)ccc(O)c2C(=O)c13.Cl.Cl.O. The number of ketones is 1. The highest BCUT2D eigenvalue weighted by Crippen LogP contribution is 2.47. The fraction of sp³-hybridized carbons (Fsp3) is 0.333. The van der Waals surface area contributed by atoms with Gasteiger partial charge in [-0.2, -0.15) is 5.10 Å². The molecular formula is C21H29Cl2N5O5. The highest BCUT2D eigenvalue weighted by Gasteiger charge is 2.35. The minimum Gasteiger partial charge on any atom is -0.507 e. The number of benzene rings is 2. The lowest BCUT2D eigenvalue weighted by Gasteiger charge is -2.20. The van der Waals surface area contributed by atoms with Gasteiger partial charge in [-0.05, 0) is 31.3 Å². The van der Waals surface area contributed by atoms with E-state index >= 15 is 0 Å². The molecule has 0 atom stereocenters. The average molecular weight is 502 g/mol. The van der Waals surface area contributed by atoms with Gasteiger partial charge in [-0.3, -0.25) is 9.48 Å². The van der Waals surface area contributed by atoms with Crippen molar-refractivity contribution in [2.24, 2.45) is 0 Å². The number of aromatic nitrogens is 2. The summed E-state index contributed by atoms with van der Waals surface area (Å²) in [5.41, 5.74) is 2.67. The molecule has 0 radical (unpaired) electrons. The van der Waals surface area contributed by atoms with Gasteiger partial charge >= 0.3 is 0 Å². The van der Waals surface area contributed by atoms with Crippen LogP contribution in [0.15, 0.2) is 24.3 Å². The van der Waals surface area contributed by atoms with Crippen LogP contribution in [-0.4, -0.2) is 76.2 Å². The summed E-state index contributed by atoms with van der Waals surface area (Å²) in [6, 6.07) is 6.44. The quantitative estimate of drug-likeness (QED) is 0.145. The van der Waals surface area contributed by atoms with Crippen LogP contribution >= 0.6 is 24.8 Å². The van der Waals surface area contributed by atoms with Gasteiger partial charge in [0.05, 0.1) is 35.4 Å². The van der Waals surface area contributed by atoms with Crippen LogP contribution in [0.2, 0.25) is 0 Å². The number of hydrogen-bond acceptors (Lipinski definition) is 8. The van der Waals surface area contributed by atoms with Crippen LogP contribution in [0.3, 0.4) is 0 Å². The summed E-state index contributed by atoms with van der Waals surface area (Å²) in [6.45, 7) is 2.97. The molecule has 0 amide bonds. The van der Waals surface area contributed by atoms with Gasteiger partial charge in [0.1, 0.15) is 17.2 Å². The van der Waals surface area contributed by atoms with Crippen molar-refractivity contribution in [3.63, 3.8) is 0 Å². The monoisotopic (exact) mass is 501 g/mol. The molecule has 1 heterocycles. The number of anilines is 1. The molecule has 182 valence electrons. The lowest BCUT2D eigenvalue weighted by molar-refractivity contribution is 0.103. The molecule has 1 aliphatic rings. The van der Waals surface area contributed by atoms with Crippen molar-refractivity contribution in [3.8, 4) is 22.8 Å². The molecule has 0 saturated carbocycles. The van der Waals surface area contributed by atoms with E-state index < -0.39 is 0 Å². The predicted octanol–water partition coefficient (Wildman–Crippen LogP) is 0.891. The molecular weight excluding hydrogens is 473 g/mol. The van der Waals surface area contributed by atoms with Gasteiger partial charge in [-0.1, -0.05) is 0 Å². The summed E-state index contributed by atoms with van der Waals surface area (Å²) in [6.07, 6.45) is 0. The highest BCUT2D eigenvalue weighted by molar-refractivity contribution is 6.29. The third-order valence-corrected chi connectivity index (χ3v) is 5.25. The second-order valence-electron chi connectivity index (χ2n) is 7.14. The van der Waals surface area contributed by atoms with Gasteiger partial charge in [0, 0.05) is 37.3 Å². The van der Waals surface area contributed by atoms with E-state index in [2.05, 4.69) is 21.0 Å². The maximum atomic E-state index is 13.4. The third-order valence-electron chi connectivity index (χ3n) is 5.25. The molecule has 8 N–H and O–H groups in total. The number of aliphatic hydroxyl groups is 1. The fourth-order valence-corrected chi connectivity index (χ4v) is 3.89. The molecule has 3 aromatic rings. The van der Waals surface area contributed by atoms with Crippen molar-refractivity contribution in [1.82, 2.24) is 20.4 Å². The molecule has 0 fully saturated rings. The first kappa shape index (κ1) is 28.4. The number of rotatable bonds is 9. The molecule has 0 unspecified atom stereocenters. The van der Waals surface area contributed by atoms with Crippen LogP contribution < -0.4 is 16.0 Å². The molecule has 0 bridgehead atoms. The largest absolute Gasteiger partial charge is 0.507 e. The van der Waals surface area contributed by atoms with Gasteiger partial charge in [0.2, 0.25) is 0 Å². The Balaban J connectivity index is 0.00000181. The molecule has 1 aromatic heterocycles. The van der Waals surface area contributed by atoms with Crippen molar-refractivity contribution in [3.05, 3.63) is 35.4 Å². The van der Waals surface area contributed by atoms with Gasteiger partial charge in [0.15, 0.2) is 5.78 Å². The van der Waals surface area contributed by atoms with Gasteiger partial charge < -0.3 is 36.7 Å². The summed E-state index contributed by atoms with van der Waals surface area (Å²) in [7, 11) is 1.85. The molecule has 0 saturated heterocycles.